The average Bonchev–Trinajstić information content (AvgIpc) is 2.57. The molecule has 1 unspecified atom stereocenters. The predicted molar refractivity (Wildman–Crippen MR) is 97.0 cm³/mol. The monoisotopic (exact) mass is 342 g/mol. The fraction of sp³-hybridized carbons (Fsp3) is 0.400. The van der Waals surface area contributed by atoms with Gasteiger partial charge >= 0.3 is 0 Å². The zero-order chi connectivity index (χ0) is 17.2. The first-order valence-electron chi connectivity index (χ1n) is 8.52. The Bertz CT molecular complexity index is 695. The molecule has 1 aliphatic carbocycles. The second-order valence-corrected chi connectivity index (χ2v) is 7.01. The predicted octanol–water partition coefficient (Wildman–Crippen LogP) is 4.77. The minimum atomic E-state index is -0.394. The molecule has 0 aliphatic heterocycles. The van der Waals surface area contributed by atoms with Crippen LogP contribution in [0.25, 0.3) is 0 Å². The van der Waals surface area contributed by atoms with E-state index in [1.54, 1.807) is 6.20 Å². The van der Waals surface area contributed by atoms with Gasteiger partial charge in [-0.1, -0.05) is 43.1 Å². The number of pyridine rings is 1. The van der Waals surface area contributed by atoms with Crippen molar-refractivity contribution in [2.45, 2.75) is 44.1 Å². The van der Waals surface area contributed by atoms with E-state index in [2.05, 4.69) is 11.9 Å². The summed E-state index contributed by atoms with van der Waals surface area (Å²) in [7, 11) is 1.92. The van der Waals surface area contributed by atoms with Crippen LogP contribution in [0, 0.1) is 0 Å². The van der Waals surface area contributed by atoms with Crippen molar-refractivity contribution in [3.05, 3.63) is 64.9 Å². The second-order valence-electron chi connectivity index (χ2n) is 6.57. The standard InChI is InChI=1S/C20H23ClN2O/c1-3-18(15-6-4-13-22-14-15)23(2)19(24)20(11-5-12-20)16-7-9-17(21)10-8-16/h4,6-10,13-14,18H,3,5,11-12H2,1-2H3. The molecule has 126 valence electrons. The second kappa shape index (κ2) is 6.94. The van der Waals surface area contributed by atoms with Crippen LogP contribution in [0.3, 0.4) is 0 Å². The Balaban J connectivity index is 1.89. The lowest BCUT2D eigenvalue weighted by atomic mass is 9.63. The third-order valence-corrected chi connectivity index (χ3v) is 5.51. The molecular formula is C20H23ClN2O. The quantitative estimate of drug-likeness (QED) is 0.784. The number of hydrogen-bond donors (Lipinski definition) is 0. The summed E-state index contributed by atoms with van der Waals surface area (Å²) in [6.07, 6.45) is 7.38. The molecule has 1 aliphatic rings. The van der Waals surface area contributed by atoms with Crippen molar-refractivity contribution >= 4 is 17.5 Å². The van der Waals surface area contributed by atoms with Gasteiger partial charge < -0.3 is 4.90 Å². The van der Waals surface area contributed by atoms with Crippen LogP contribution < -0.4 is 0 Å². The Morgan fingerprint density at radius 2 is 2.00 bits per heavy atom. The number of amides is 1. The van der Waals surface area contributed by atoms with E-state index in [9.17, 15) is 4.79 Å². The van der Waals surface area contributed by atoms with Gasteiger partial charge in [-0.2, -0.15) is 0 Å². The van der Waals surface area contributed by atoms with Gasteiger partial charge in [0.05, 0.1) is 11.5 Å². The van der Waals surface area contributed by atoms with E-state index < -0.39 is 5.41 Å². The highest BCUT2D eigenvalue weighted by molar-refractivity contribution is 6.30. The van der Waals surface area contributed by atoms with Crippen molar-refractivity contribution in [1.29, 1.82) is 0 Å². The third-order valence-electron chi connectivity index (χ3n) is 5.26. The number of rotatable bonds is 5. The van der Waals surface area contributed by atoms with Crippen LogP contribution >= 0.6 is 11.6 Å². The van der Waals surface area contributed by atoms with Crippen molar-refractivity contribution in [3.63, 3.8) is 0 Å². The minimum Gasteiger partial charge on any atom is -0.338 e. The van der Waals surface area contributed by atoms with Crippen molar-refractivity contribution in [1.82, 2.24) is 9.88 Å². The summed E-state index contributed by atoms with van der Waals surface area (Å²) in [5.41, 5.74) is 1.77. The fourth-order valence-corrected chi connectivity index (χ4v) is 3.84. The van der Waals surface area contributed by atoms with Crippen LogP contribution in [-0.4, -0.2) is 22.8 Å². The molecule has 0 spiro atoms. The molecule has 1 aromatic carbocycles. The largest absolute Gasteiger partial charge is 0.338 e. The normalized spacial score (nSPS) is 17.0. The van der Waals surface area contributed by atoms with Crippen LogP contribution in [0.1, 0.15) is 49.8 Å². The molecule has 0 radical (unpaired) electrons. The van der Waals surface area contributed by atoms with E-state index in [0.717, 1.165) is 36.8 Å². The van der Waals surface area contributed by atoms with Gasteiger partial charge in [0.25, 0.3) is 0 Å². The summed E-state index contributed by atoms with van der Waals surface area (Å²) in [5, 5.41) is 0.704. The molecule has 3 rings (SSSR count). The number of nitrogens with zero attached hydrogens (tertiary/aromatic N) is 2. The Morgan fingerprint density at radius 3 is 2.50 bits per heavy atom. The third kappa shape index (κ3) is 2.93. The molecule has 2 aromatic rings. The molecule has 1 heterocycles. The van der Waals surface area contributed by atoms with Gasteiger partial charge in [0.15, 0.2) is 0 Å². The summed E-state index contributed by atoms with van der Waals surface area (Å²) in [4.78, 5) is 19.5. The first kappa shape index (κ1) is 17.0. The van der Waals surface area contributed by atoms with Crippen molar-refractivity contribution in [2.24, 2.45) is 0 Å². The van der Waals surface area contributed by atoms with E-state index in [4.69, 9.17) is 11.6 Å². The molecule has 0 N–H and O–H groups in total. The molecule has 1 atom stereocenters. The topological polar surface area (TPSA) is 33.2 Å². The highest BCUT2D eigenvalue weighted by Crippen LogP contribution is 2.46. The maximum absolute atomic E-state index is 13.4. The summed E-state index contributed by atoms with van der Waals surface area (Å²) in [6.45, 7) is 2.11. The Hall–Kier alpha value is -1.87. The van der Waals surface area contributed by atoms with Crippen LogP contribution in [0.4, 0.5) is 0 Å². The van der Waals surface area contributed by atoms with Crippen molar-refractivity contribution in [2.75, 3.05) is 7.05 Å². The van der Waals surface area contributed by atoms with Crippen molar-refractivity contribution in [3.8, 4) is 0 Å². The van der Waals surface area contributed by atoms with Crippen LogP contribution in [0.15, 0.2) is 48.8 Å². The van der Waals surface area contributed by atoms with Gasteiger partial charge in [-0.15, -0.1) is 0 Å². The molecule has 1 amide bonds. The first-order chi connectivity index (χ1) is 11.6. The molecule has 3 nitrogen and oxygen atoms in total. The first-order valence-corrected chi connectivity index (χ1v) is 8.89. The molecule has 4 heteroatoms. The Kier molecular flexibility index (Phi) is 4.91. The summed E-state index contributed by atoms with van der Waals surface area (Å²) < 4.78 is 0. The zero-order valence-corrected chi connectivity index (χ0v) is 15.0. The van der Waals surface area contributed by atoms with E-state index in [1.165, 1.54) is 0 Å². The Labute approximate surface area is 148 Å². The molecule has 0 bridgehead atoms. The number of aromatic nitrogens is 1. The highest BCUT2D eigenvalue weighted by Gasteiger charge is 2.47. The van der Waals surface area contributed by atoms with E-state index >= 15 is 0 Å². The minimum absolute atomic E-state index is 0.0518. The number of halogens is 1. The summed E-state index contributed by atoms with van der Waals surface area (Å²) in [5.74, 6) is 0.201. The number of carbonyl (C=O) groups excluding carboxylic acids is 1. The molecule has 0 saturated heterocycles. The Morgan fingerprint density at radius 1 is 1.29 bits per heavy atom. The van der Waals surface area contributed by atoms with Gasteiger partial charge in [0.2, 0.25) is 5.91 Å². The molecule has 24 heavy (non-hydrogen) atoms. The van der Waals surface area contributed by atoms with E-state index in [-0.39, 0.29) is 11.9 Å². The van der Waals surface area contributed by atoms with Crippen LogP contribution in [-0.2, 0) is 10.2 Å². The molecular weight excluding hydrogens is 320 g/mol. The molecule has 1 fully saturated rings. The summed E-state index contributed by atoms with van der Waals surface area (Å²) in [6, 6.07) is 11.8. The maximum Gasteiger partial charge on any atom is 0.233 e. The SMILES string of the molecule is CCC(c1cccnc1)N(C)C(=O)C1(c2ccc(Cl)cc2)CCC1. The number of likely N-dealkylation sites (N-methyl/N-ethyl adjacent to an activating group) is 1. The lowest BCUT2D eigenvalue weighted by Crippen LogP contribution is -2.50. The lowest BCUT2D eigenvalue weighted by molar-refractivity contribution is -0.142. The highest BCUT2D eigenvalue weighted by atomic mass is 35.5. The maximum atomic E-state index is 13.4. The summed E-state index contributed by atoms with van der Waals surface area (Å²) >= 11 is 6.02. The van der Waals surface area contributed by atoms with Crippen molar-refractivity contribution < 1.29 is 4.79 Å². The van der Waals surface area contributed by atoms with Crippen LogP contribution in [0.2, 0.25) is 5.02 Å². The van der Waals surface area contributed by atoms with Gasteiger partial charge in [-0.3, -0.25) is 9.78 Å². The van der Waals surface area contributed by atoms with E-state index in [0.29, 0.717) is 5.02 Å². The number of carbonyl (C=O) groups is 1. The van der Waals surface area contributed by atoms with E-state index in [1.807, 2.05) is 54.5 Å². The smallest absolute Gasteiger partial charge is 0.233 e. The molecule has 1 saturated carbocycles. The van der Waals surface area contributed by atoms with Gasteiger partial charge in [0, 0.05) is 24.5 Å². The van der Waals surface area contributed by atoms with Crippen LogP contribution in [0.5, 0.6) is 0 Å². The fourth-order valence-electron chi connectivity index (χ4n) is 3.71. The zero-order valence-electron chi connectivity index (χ0n) is 14.2. The van der Waals surface area contributed by atoms with Gasteiger partial charge in [-0.05, 0) is 48.6 Å². The lowest BCUT2D eigenvalue weighted by Gasteiger charge is -2.45. The number of benzene rings is 1. The average molecular weight is 343 g/mol. The van der Waals surface area contributed by atoms with Gasteiger partial charge in [0.1, 0.15) is 0 Å². The molecule has 1 aromatic heterocycles. The number of hydrogen-bond acceptors (Lipinski definition) is 2. The van der Waals surface area contributed by atoms with Gasteiger partial charge in [-0.25, -0.2) is 0 Å².